The van der Waals surface area contributed by atoms with Crippen LogP contribution in [0.2, 0.25) is 0 Å². The van der Waals surface area contributed by atoms with Crippen molar-refractivity contribution in [2.45, 2.75) is 25.9 Å². The van der Waals surface area contributed by atoms with Crippen LogP contribution < -0.4 is 10.5 Å². The summed E-state index contributed by atoms with van der Waals surface area (Å²) in [5.74, 6) is -3.03. The molecule has 0 fully saturated rings. The number of nitrogens with two attached hydrogens (primary N) is 1. The van der Waals surface area contributed by atoms with Gasteiger partial charge in [0, 0.05) is 19.0 Å². The second-order valence-electron chi connectivity index (χ2n) is 4.07. The molecule has 17 heavy (non-hydrogen) atoms. The van der Waals surface area contributed by atoms with Crippen molar-refractivity contribution < 1.29 is 18.6 Å². The highest BCUT2D eigenvalue weighted by molar-refractivity contribution is 5.47. The van der Waals surface area contributed by atoms with Crippen LogP contribution in [0.5, 0.6) is 5.75 Å². The second kappa shape index (κ2) is 4.98. The van der Waals surface area contributed by atoms with Crippen LogP contribution in [0.3, 0.4) is 0 Å². The summed E-state index contributed by atoms with van der Waals surface area (Å²) in [7, 11) is 1.30. The molecule has 0 aliphatic heterocycles. The molecule has 0 saturated carbocycles. The van der Waals surface area contributed by atoms with Crippen molar-refractivity contribution in [2.24, 2.45) is 5.73 Å². The summed E-state index contributed by atoms with van der Waals surface area (Å²) < 4.78 is 31.9. The summed E-state index contributed by atoms with van der Waals surface area (Å²) >= 11 is 0. The first-order valence-corrected chi connectivity index (χ1v) is 5.26. The first-order valence-electron chi connectivity index (χ1n) is 5.26. The Morgan fingerprint density at radius 2 is 2.06 bits per heavy atom. The van der Waals surface area contributed by atoms with Gasteiger partial charge in [0.2, 0.25) is 0 Å². The van der Waals surface area contributed by atoms with E-state index in [0.29, 0.717) is 11.1 Å². The number of methoxy groups -OCH3 is 1. The molecule has 3 nitrogen and oxygen atoms in total. The van der Waals surface area contributed by atoms with Gasteiger partial charge in [-0.3, -0.25) is 0 Å². The predicted molar refractivity (Wildman–Crippen MR) is 61.3 cm³/mol. The number of aryl methyl sites for hydroxylation is 1. The standard InChI is InChI=1S/C12H17F2NO2/c1-7-4-8(10(16)6-15)11(17-3)9(5-7)12(2,13)14/h4-5,10,16H,6,15H2,1-3H3. The van der Waals surface area contributed by atoms with E-state index in [1.165, 1.54) is 13.2 Å². The summed E-state index contributed by atoms with van der Waals surface area (Å²) in [6.07, 6.45) is -1.01. The maximum Gasteiger partial charge on any atom is 0.274 e. The first kappa shape index (κ1) is 13.9. The van der Waals surface area contributed by atoms with Crippen LogP contribution in [0.25, 0.3) is 0 Å². The van der Waals surface area contributed by atoms with Gasteiger partial charge in [-0.25, -0.2) is 8.78 Å². The third-order valence-electron chi connectivity index (χ3n) is 2.52. The lowest BCUT2D eigenvalue weighted by Gasteiger charge is -2.21. The van der Waals surface area contributed by atoms with Crippen molar-refractivity contribution in [2.75, 3.05) is 13.7 Å². The smallest absolute Gasteiger partial charge is 0.274 e. The monoisotopic (exact) mass is 245 g/mol. The molecule has 96 valence electrons. The molecule has 1 unspecified atom stereocenters. The minimum Gasteiger partial charge on any atom is -0.496 e. The minimum atomic E-state index is -3.03. The van der Waals surface area contributed by atoms with Crippen molar-refractivity contribution in [3.05, 3.63) is 28.8 Å². The van der Waals surface area contributed by atoms with E-state index < -0.39 is 12.0 Å². The van der Waals surface area contributed by atoms with Crippen LogP contribution in [0.4, 0.5) is 8.78 Å². The summed E-state index contributed by atoms with van der Waals surface area (Å²) in [6.45, 7) is 2.43. The summed E-state index contributed by atoms with van der Waals surface area (Å²) in [4.78, 5) is 0. The number of hydrogen-bond acceptors (Lipinski definition) is 3. The van der Waals surface area contributed by atoms with E-state index in [0.717, 1.165) is 6.92 Å². The van der Waals surface area contributed by atoms with E-state index >= 15 is 0 Å². The van der Waals surface area contributed by atoms with Gasteiger partial charge in [0.05, 0.1) is 18.8 Å². The summed E-state index contributed by atoms with van der Waals surface area (Å²) in [5.41, 5.74) is 6.04. The number of aliphatic hydroxyl groups excluding tert-OH is 1. The number of alkyl halides is 2. The average Bonchev–Trinajstić information content (AvgIpc) is 2.25. The van der Waals surface area contributed by atoms with Gasteiger partial charge in [0.1, 0.15) is 5.75 Å². The fraction of sp³-hybridized carbons (Fsp3) is 0.500. The Morgan fingerprint density at radius 3 is 2.47 bits per heavy atom. The van der Waals surface area contributed by atoms with Crippen LogP contribution in [0, 0.1) is 6.92 Å². The maximum atomic E-state index is 13.4. The van der Waals surface area contributed by atoms with Crippen molar-refractivity contribution in [3.63, 3.8) is 0 Å². The minimum absolute atomic E-state index is 0.000972. The lowest BCUT2D eigenvalue weighted by atomic mass is 9.97. The van der Waals surface area contributed by atoms with Crippen molar-refractivity contribution in [1.29, 1.82) is 0 Å². The van der Waals surface area contributed by atoms with Gasteiger partial charge in [0.15, 0.2) is 0 Å². The van der Waals surface area contributed by atoms with Gasteiger partial charge in [-0.1, -0.05) is 0 Å². The molecular weight excluding hydrogens is 228 g/mol. The second-order valence-corrected chi connectivity index (χ2v) is 4.07. The number of hydrogen-bond donors (Lipinski definition) is 2. The highest BCUT2D eigenvalue weighted by Gasteiger charge is 2.31. The molecule has 3 N–H and O–H groups in total. The molecule has 5 heteroatoms. The molecule has 1 rings (SSSR count). The van der Waals surface area contributed by atoms with E-state index in [9.17, 15) is 13.9 Å². The molecule has 1 atom stereocenters. The largest absolute Gasteiger partial charge is 0.496 e. The van der Waals surface area contributed by atoms with Crippen LogP contribution in [-0.2, 0) is 5.92 Å². The number of rotatable bonds is 4. The SMILES string of the molecule is COc1c(C(O)CN)cc(C)cc1C(C)(F)F. The lowest BCUT2D eigenvalue weighted by molar-refractivity contribution is 0.0146. The molecule has 0 spiro atoms. The molecular formula is C12H17F2NO2. The topological polar surface area (TPSA) is 55.5 Å². The van der Waals surface area contributed by atoms with E-state index in [2.05, 4.69) is 0 Å². The number of ether oxygens (including phenoxy) is 1. The van der Waals surface area contributed by atoms with Crippen LogP contribution >= 0.6 is 0 Å². The molecule has 0 aliphatic carbocycles. The van der Waals surface area contributed by atoms with Gasteiger partial charge in [-0.15, -0.1) is 0 Å². The molecule has 0 bridgehead atoms. The van der Waals surface area contributed by atoms with Crippen molar-refractivity contribution in [1.82, 2.24) is 0 Å². The Labute approximate surface area is 99.2 Å². The molecule has 0 aromatic heterocycles. The molecule has 1 aromatic carbocycles. The maximum absolute atomic E-state index is 13.4. The Kier molecular flexibility index (Phi) is 4.06. The van der Waals surface area contributed by atoms with Crippen LogP contribution in [0.1, 0.15) is 29.7 Å². The lowest BCUT2D eigenvalue weighted by Crippen LogP contribution is -2.16. The zero-order chi connectivity index (χ0) is 13.2. The Bertz CT molecular complexity index is 402. The molecule has 0 heterocycles. The van der Waals surface area contributed by atoms with E-state index in [4.69, 9.17) is 10.5 Å². The normalized spacial score (nSPS) is 13.6. The fourth-order valence-corrected chi connectivity index (χ4v) is 1.73. The molecule has 1 aromatic rings. The number of benzene rings is 1. The molecule has 0 saturated heterocycles. The Hall–Kier alpha value is -1.20. The fourth-order valence-electron chi connectivity index (χ4n) is 1.73. The highest BCUT2D eigenvalue weighted by Crippen LogP contribution is 2.39. The quantitative estimate of drug-likeness (QED) is 0.854. The Morgan fingerprint density at radius 1 is 1.47 bits per heavy atom. The van der Waals surface area contributed by atoms with E-state index in [1.807, 2.05) is 0 Å². The predicted octanol–water partition coefficient (Wildman–Crippen LogP) is 2.11. The van der Waals surface area contributed by atoms with Gasteiger partial charge < -0.3 is 15.6 Å². The average molecular weight is 245 g/mol. The van der Waals surface area contributed by atoms with Gasteiger partial charge in [0.25, 0.3) is 5.92 Å². The third-order valence-corrected chi connectivity index (χ3v) is 2.52. The Balaban J connectivity index is 3.46. The third kappa shape index (κ3) is 2.92. The molecule has 0 aliphatic rings. The number of aliphatic hydroxyl groups is 1. The zero-order valence-corrected chi connectivity index (χ0v) is 10.1. The summed E-state index contributed by atoms with van der Waals surface area (Å²) in [6, 6.07) is 2.96. The molecule has 0 amide bonds. The number of halogens is 2. The van der Waals surface area contributed by atoms with Crippen LogP contribution in [-0.4, -0.2) is 18.8 Å². The van der Waals surface area contributed by atoms with Gasteiger partial charge >= 0.3 is 0 Å². The summed E-state index contributed by atoms with van der Waals surface area (Å²) in [5, 5.41) is 9.71. The zero-order valence-electron chi connectivity index (χ0n) is 10.1. The van der Waals surface area contributed by atoms with Crippen molar-refractivity contribution >= 4 is 0 Å². The van der Waals surface area contributed by atoms with Crippen LogP contribution in [0.15, 0.2) is 12.1 Å². The highest BCUT2D eigenvalue weighted by atomic mass is 19.3. The molecule has 0 radical (unpaired) electrons. The van der Waals surface area contributed by atoms with E-state index in [-0.39, 0.29) is 17.9 Å². The van der Waals surface area contributed by atoms with Gasteiger partial charge in [-0.2, -0.15) is 0 Å². The van der Waals surface area contributed by atoms with Gasteiger partial charge in [-0.05, 0) is 24.6 Å². The van der Waals surface area contributed by atoms with Crippen molar-refractivity contribution in [3.8, 4) is 5.75 Å². The van der Waals surface area contributed by atoms with E-state index in [1.54, 1.807) is 13.0 Å². The first-order chi connectivity index (χ1) is 7.81.